The van der Waals surface area contributed by atoms with Gasteiger partial charge in [-0.05, 0) is 55.5 Å². The standard InChI is InChI=1S/C17H13BrN2O/c1-11-5-10-14-15(19-11)3-2-4-16(14)20-17(21)12-6-8-13(18)9-7-12/h2-10H,1H3,(H,20,21). The van der Waals surface area contributed by atoms with Crippen molar-refractivity contribution in [1.29, 1.82) is 0 Å². The third kappa shape index (κ3) is 2.95. The van der Waals surface area contributed by atoms with Crippen molar-refractivity contribution in [1.82, 2.24) is 4.98 Å². The van der Waals surface area contributed by atoms with E-state index in [-0.39, 0.29) is 5.91 Å². The lowest BCUT2D eigenvalue weighted by molar-refractivity contribution is 0.102. The molecule has 3 aromatic rings. The Morgan fingerprint density at radius 3 is 2.57 bits per heavy atom. The van der Waals surface area contributed by atoms with Crippen LogP contribution in [0.1, 0.15) is 16.1 Å². The van der Waals surface area contributed by atoms with Crippen LogP contribution in [0.5, 0.6) is 0 Å². The molecule has 0 saturated heterocycles. The number of pyridine rings is 1. The monoisotopic (exact) mass is 340 g/mol. The van der Waals surface area contributed by atoms with Crippen molar-refractivity contribution in [2.24, 2.45) is 0 Å². The molecule has 1 heterocycles. The molecule has 21 heavy (non-hydrogen) atoms. The van der Waals surface area contributed by atoms with Crippen molar-refractivity contribution < 1.29 is 4.79 Å². The first kappa shape index (κ1) is 13.8. The predicted octanol–water partition coefficient (Wildman–Crippen LogP) is 4.56. The Morgan fingerprint density at radius 1 is 1.05 bits per heavy atom. The zero-order valence-corrected chi connectivity index (χ0v) is 13.0. The Bertz CT molecular complexity index is 813. The molecule has 0 fully saturated rings. The number of benzene rings is 2. The summed E-state index contributed by atoms with van der Waals surface area (Å²) in [6.45, 7) is 1.95. The van der Waals surface area contributed by atoms with Crippen molar-refractivity contribution >= 4 is 38.4 Å². The lowest BCUT2D eigenvalue weighted by atomic mass is 10.1. The lowest BCUT2D eigenvalue weighted by Crippen LogP contribution is -2.12. The molecule has 1 N–H and O–H groups in total. The van der Waals surface area contributed by atoms with Crippen LogP contribution in [0.2, 0.25) is 0 Å². The van der Waals surface area contributed by atoms with Crippen LogP contribution in [0.3, 0.4) is 0 Å². The average Bonchev–Trinajstić information content (AvgIpc) is 2.47. The lowest BCUT2D eigenvalue weighted by Gasteiger charge is -2.09. The highest BCUT2D eigenvalue weighted by Gasteiger charge is 2.08. The molecule has 3 rings (SSSR count). The van der Waals surface area contributed by atoms with Gasteiger partial charge in [0.25, 0.3) is 5.91 Å². The minimum Gasteiger partial charge on any atom is -0.321 e. The molecule has 0 radical (unpaired) electrons. The van der Waals surface area contributed by atoms with Crippen LogP contribution in [-0.2, 0) is 0 Å². The Balaban J connectivity index is 1.94. The second kappa shape index (κ2) is 5.66. The van der Waals surface area contributed by atoms with Gasteiger partial charge < -0.3 is 5.32 Å². The number of nitrogens with one attached hydrogen (secondary N) is 1. The van der Waals surface area contributed by atoms with E-state index in [1.165, 1.54) is 0 Å². The number of carbonyl (C=O) groups is 1. The second-order valence-electron chi connectivity index (χ2n) is 4.79. The minimum atomic E-state index is -0.129. The quantitative estimate of drug-likeness (QED) is 0.743. The summed E-state index contributed by atoms with van der Waals surface area (Å²) in [5.74, 6) is -0.129. The Morgan fingerprint density at radius 2 is 1.81 bits per heavy atom. The number of aromatic nitrogens is 1. The summed E-state index contributed by atoms with van der Waals surface area (Å²) in [6, 6.07) is 16.9. The second-order valence-corrected chi connectivity index (χ2v) is 5.70. The van der Waals surface area contributed by atoms with Crippen molar-refractivity contribution in [3.05, 3.63) is 70.3 Å². The van der Waals surface area contributed by atoms with Crippen molar-refractivity contribution in [2.45, 2.75) is 6.92 Å². The van der Waals surface area contributed by atoms with E-state index in [0.717, 1.165) is 26.8 Å². The van der Waals surface area contributed by atoms with E-state index in [9.17, 15) is 4.79 Å². The van der Waals surface area contributed by atoms with Crippen LogP contribution in [0.15, 0.2) is 59.1 Å². The molecule has 0 bridgehead atoms. The molecule has 0 saturated carbocycles. The Labute approximate surface area is 131 Å². The van der Waals surface area contributed by atoms with Crippen LogP contribution in [-0.4, -0.2) is 10.9 Å². The molecule has 0 aliphatic rings. The highest BCUT2D eigenvalue weighted by molar-refractivity contribution is 9.10. The number of aryl methyl sites for hydroxylation is 1. The van der Waals surface area contributed by atoms with Crippen LogP contribution < -0.4 is 5.32 Å². The summed E-state index contributed by atoms with van der Waals surface area (Å²) in [7, 11) is 0. The molecule has 2 aromatic carbocycles. The van der Waals surface area contributed by atoms with Gasteiger partial charge in [0.15, 0.2) is 0 Å². The zero-order chi connectivity index (χ0) is 14.8. The normalized spacial score (nSPS) is 10.6. The number of fused-ring (bicyclic) bond motifs is 1. The van der Waals surface area contributed by atoms with Crippen LogP contribution in [0.4, 0.5) is 5.69 Å². The molecule has 0 atom stereocenters. The van der Waals surface area contributed by atoms with Crippen LogP contribution >= 0.6 is 15.9 Å². The Kier molecular flexibility index (Phi) is 3.71. The first-order valence-electron chi connectivity index (χ1n) is 6.57. The number of carbonyl (C=O) groups excluding carboxylic acids is 1. The fraction of sp³-hybridized carbons (Fsp3) is 0.0588. The van der Waals surface area contributed by atoms with Gasteiger partial charge >= 0.3 is 0 Å². The third-order valence-electron chi connectivity index (χ3n) is 3.23. The van der Waals surface area contributed by atoms with Gasteiger partial charge in [-0.3, -0.25) is 9.78 Å². The summed E-state index contributed by atoms with van der Waals surface area (Å²) in [5, 5.41) is 3.88. The van der Waals surface area contributed by atoms with E-state index in [1.54, 1.807) is 12.1 Å². The predicted molar refractivity (Wildman–Crippen MR) is 88.6 cm³/mol. The largest absolute Gasteiger partial charge is 0.321 e. The molecule has 3 nitrogen and oxygen atoms in total. The Hall–Kier alpha value is -2.20. The fourth-order valence-electron chi connectivity index (χ4n) is 2.16. The van der Waals surface area contributed by atoms with Crippen molar-refractivity contribution in [3.8, 4) is 0 Å². The minimum absolute atomic E-state index is 0.129. The van der Waals surface area contributed by atoms with E-state index in [2.05, 4.69) is 26.2 Å². The highest BCUT2D eigenvalue weighted by atomic mass is 79.9. The average molecular weight is 341 g/mol. The summed E-state index contributed by atoms with van der Waals surface area (Å²) < 4.78 is 0.948. The summed E-state index contributed by atoms with van der Waals surface area (Å²) in [4.78, 5) is 16.8. The van der Waals surface area contributed by atoms with Gasteiger partial charge in [0.05, 0.1) is 11.2 Å². The molecule has 104 valence electrons. The van der Waals surface area contributed by atoms with Gasteiger partial charge in [0, 0.05) is 21.1 Å². The van der Waals surface area contributed by atoms with E-state index >= 15 is 0 Å². The van der Waals surface area contributed by atoms with Crippen LogP contribution in [0, 0.1) is 6.92 Å². The first-order valence-corrected chi connectivity index (χ1v) is 7.36. The molecular formula is C17H13BrN2O. The molecule has 1 aromatic heterocycles. The number of halogens is 1. The maximum absolute atomic E-state index is 12.3. The molecule has 0 aliphatic heterocycles. The van der Waals surface area contributed by atoms with E-state index in [4.69, 9.17) is 0 Å². The first-order chi connectivity index (χ1) is 10.1. The maximum atomic E-state index is 12.3. The molecular weight excluding hydrogens is 328 g/mol. The number of hydrogen-bond donors (Lipinski definition) is 1. The number of hydrogen-bond acceptors (Lipinski definition) is 2. The van der Waals surface area contributed by atoms with Gasteiger partial charge in [0.2, 0.25) is 0 Å². The molecule has 0 unspecified atom stereocenters. The SMILES string of the molecule is Cc1ccc2c(NC(=O)c3ccc(Br)cc3)cccc2n1. The maximum Gasteiger partial charge on any atom is 0.255 e. The van der Waals surface area contributed by atoms with Gasteiger partial charge in [-0.15, -0.1) is 0 Å². The van der Waals surface area contributed by atoms with E-state index in [1.807, 2.05) is 49.4 Å². The number of anilines is 1. The third-order valence-corrected chi connectivity index (χ3v) is 3.75. The smallest absolute Gasteiger partial charge is 0.255 e. The zero-order valence-electron chi connectivity index (χ0n) is 11.4. The van der Waals surface area contributed by atoms with Crippen molar-refractivity contribution in [3.63, 3.8) is 0 Å². The molecule has 1 amide bonds. The number of amides is 1. The number of rotatable bonds is 2. The van der Waals surface area contributed by atoms with Crippen LogP contribution in [0.25, 0.3) is 10.9 Å². The van der Waals surface area contributed by atoms with Gasteiger partial charge in [0.1, 0.15) is 0 Å². The molecule has 0 spiro atoms. The summed E-state index contributed by atoms with van der Waals surface area (Å²) in [5.41, 5.74) is 3.23. The van der Waals surface area contributed by atoms with Gasteiger partial charge in [-0.2, -0.15) is 0 Å². The van der Waals surface area contributed by atoms with E-state index < -0.39 is 0 Å². The van der Waals surface area contributed by atoms with Gasteiger partial charge in [-0.25, -0.2) is 0 Å². The molecule has 4 heteroatoms. The topological polar surface area (TPSA) is 42.0 Å². The van der Waals surface area contributed by atoms with E-state index in [0.29, 0.717) is 5.56 Å². The highest BCUT2D eigenvalue weighted by Crippen LogP contribution is 2.23. The summed E-state index contributed by atoms with van der Waals surface area (Å²) >= 11 is 3.36. The number of nitrogens with zero attached hydrogens (tertiary/aromatic N) is 1. The fourth-order valence-corrected chi connectivity index (χ4v) is 2.43. The van der Waals surface area contributed by atoms with Crippen molar-refractivity contribution in [2.75, 3.05) is 5.32 Å². The van der Waals surface area contributed by atoms with Gasteiger partial charge in [-0.1, -0.05) is 22.0 Å². The molecule has 0 aliphatic carbocycles. The summed E-state index contributed by atoms with van der Waals surface area (Å²) in [6.07, 6.45) is 0.